The monoisotopic (exact) mass is 425 g/mol. The molecule has 0 spiro atoms. The average Bonchev–Trinajstić information content (AvgIpc) is 2.71. The van der Waals surface area contributed by atoms with Crippen molar-refractivity contribution in [3.63, 3.8) is 0 Å². The van der Waals surface area contributed by atoms with Crippen molar-refractivity contribution in [2.75, 3.05) is 0 Å². The van der Waals surface area contributed by atoms with Crippen LogP contribution in [-0.4, -0.2) is 30.0 Å². The first kappa shape index (κ1) is 23.9. The van der Waals surface area contributed by atoms with Gasteiger partial charge in [-0.15, -0.1) is 0 Å². The Morgan fingerprint density at radius 1 is 0.935 bits per heavy atom. The summed E-state index contributed by atoms with van der Waals surface area (Å²) in [5.41, 5.74) is 8.30. The molecule has 2 rings (SSSR count). The number of aryl methyl sites for hydroxylation is 1. The van der Waals surface area contributed by atoms with E-state index in [0.29, 0.717) is 6.42 Å². The molecular weight excluding hydrogens is 394 g/mol. The van der Waals surface area contributed by atoms with Crippen LogP contribution in [0.4, 0.5) is 4.79 Å². The summed E-state index contributed by atoms with van der Waals surface area (Å²) in [7, 11) is 0. The molecule has 7 nitrogen and oxygen atoms in total. The number of alkyl carbamates (subject to hydrolysis) is 1. The standard InChI is InChI=1S/C24H31N3O4/c1-16(2)12-21(27-24(30)31-15-18-9-5-4-6-10-18)23(29)26-20(22(25)28)14-19-11-7-8-17(3)13-19/h4-11,13,16,20-21H,12,14-15H2,1-3H3,(H2,25,28)(H,26,29)(H,27,30)/t20-,21-/m0/s1. The van der Waals surface area contributed by atoms with Gasteiger partial charge in [-0.2, -0.15) is 0 Å². The Labute approximate surface area is 183 Å². The van der Waals surface area contributed by atoms with Crippen LogP contribution >= 0.6 is 0 Å². The highest BCUT2D eigenvalue weighted by Gasteiger charge is 2.27. The minimum Gasteiger partial charge on any atom is -0.445 e. The van der Waals surface area contributed by atoms with Gasteiger partial charge >= 0.3 is 6.09 Å². The van der Waals surface area contributed by atoms with Crippen molar-refractivity contribution in [2.24, 2.45) is 11.7 Å². The summed E-state index contributed by atoms with van der Waals surface area (Å²) in [5, 5.41) is 5.30. The van der Waals surface area contributed by atoms with Gasteiger partial charge in [0.15, 0.2) is 0 Å². The van der Waals surface area contributed by atoms with Crippen LogP contribution in [-0.2, 0) is 27.4 Å². The Balaban J connectivity index is 2.00. The molecular formula is C24H31N3O4. The molecule has 0 aliphatic heterocycles. The van der Waals surface area contributed by atoms with Gasteiger partial charge in [-0.3, -0.25) is 9.59 Å². The van der Waals surface area contributed by atoms with Crippen molar-refractivity contribution < 1.29 is 19.1 Å². The molecule has 0 saturated heterocycles. The number of nitrogens with one attached hydrogen (secondary N) is 2. The van der Waals surface area contributed by atoms with Gasteiger partial charge in [-0.1, -0.05) is 74.0 Å². The molecule has 2 aromatic carbocycles. The molecule has 0 aliphatic carbocycles. The van der Waals surface area contributed by atoms with Crippen molar-refractivity contribution in [1.82, 2.24) is 10.6 Å². The van der Waals surface area contributed by atoms with Crippen LogP contribution in [0.5, 0.6) is 0 Å². The third-order valence-electron chi connectivity index (χ3n) is 4.71. The number of hydrogen-bond donors (Lipinski definition) is 3. The Bertz CT molecular complexity index is 883. The van der Waals surface area contributed by atoms with E-state index in [9.17, 15) is 14.4 Å². The van der Waals surface area contributed by atoms with Gasteiger partial charge in [0.2, 0.25) is 11.8 Å². The van der Waals surface area contributed by atoms with E-state index in [1.54, 1.807) is 0 Å². The Morgan fingerprint density at radius 2 is 1.61 bits per heavy atom. The van der Waals surface area contributed by atoms with Gasteiger partial charge in [0.25, 0.3) is 0 Å². The molecule has 0 fully saturated rings. The van der Waals surface area contributed by atoms with Gasteiger partial charge in [-0.25, -0.2) is 4.79 Å². The van der Waals surface area contributed by atoms with Crippen molar-refractivity contribution >= 4 is 17.9 Å². The van der Waals surface area contributed by atoms with Crippen LogP contribution in [0.3, 0.4) is 0 Å². The van der Waals surface area contributed by atoms with Crippen molar-refractivity contribution in [2.45, 2.75) is 52.3 Å². The van der Waals surface area contributed by atoms with Crippen LogP contribution in [0.1, 0.15) is 37.0 Å². The predicted octanol–water partition coefficient (Wildman–Crippen LogP) is 2.85. The largest absolute Gasteiger partial charge is 0.445 e. The van der Waals surface area contributed by atoms with Gasteiger partial charge in [-0.05, 0) is 30.4 Å². The summed E-state index contributed by atoms with van der Waals surface area (Å²) >= 11 is 0. The van der Waals surface area contributed by atoms with Gasteiger partial charge in [0, 0.05) is 6.42 Å². The lowest BCUT2D eigenvalue weighted by molar-refractivity contribution is -0.128. The van der Waals surface area contributed by atoms with Crippen LogP contribution in [0.25, 0.3) is 0 Å². The molecule has 0 unspecified atom stereocenters. The SMILES string of the molecule is Cc1cccc(C[C@H](NC(=O)[C@H](CC(C)C)NC(=O)OCc2ccccc2)C(N)=O)c1. The Kier molecular flexibility index (Phi) is 9.06. The van der Waals surface area contributed by atoms with E-state index in [2.05, 4.69) is 10.6 Å². The van der Waals surface area contributed by atoms with Crippen LogP contribution in [0, 0.1) is 12.8 Å². The van der Waals surface area contributed by atoms with E-state index in [-0.39, 0.29) is 18.9 Å². The fourth-order valence-corrected chi connectivity index (χ4v) is 3.18. The Hall–Kier alpha value is -3.35. The minimum atomic E-state index is -0.883. The summed E-state index contributed by atoms with van der Waals surface area (Å²) in [5.74, 6) is -0.972. The summed E-state index contributed by atoms with van der Waals surface area (Å²) in [6, 6.07) is 15.2. The molecule has 3 amide bonds. The maximum atomic E-state index is 12.9. The molecule has 4 N–H and O–H groups in total. The van der Waals surface area contributed by atoms with Crippen LogP contribution in [0.2, 0.25) is 0 Å². The van der Waals surface area contributed by atoms with E-state index in [0.717, 1.165) is 16.7 Å². The second-order valence-electron chi connectivity index (χ2n) is 8.04. The third-order valence-corrected chi connectivity index (χ3v) is 4.71. The minimum absolute atomic E-state index is 0.0972. The van der Waals surface area contributed by atoms with E-state index in [1.807, 2.05) is 75.4 Å². The number of nitrogens with two attached hydrogens (primary N) is 1. The number of amides is 3. The molecule has 0 bridgehead atoms. The van der Waals surface area contributed by atoms with Crippen LogP contribution < -0.4 is 16.4 Å². The maximum Gasteiger partial charge on any atom is 0.408 e. The van der Waals surface area contributed by atoms with Gasteiger partial charge in [0.05, 0.1) is 0 Å². The van der Waals surface area contributed by atoms with Crippen LogP contribution in [0.15, 0.2) is 54.6 Å². The molecule has 166 valence electrons. The number of rotatable bonds is 10. The number of hydrogen-bond acceptors (Lipinski definition) is 4. The Morgan fingerprint density at radius 3 is 2.23 bits per heavy atom. The third kappa shape index (κ3) is 8.50. The zero-order chi connectivity index (χ0) is 22.8. The van der Waals surface area contributed by atoms with E-state index in [4.69, 9.17) is 10.5 Å². The zero-order valence-electron chi connectivity index (χ0n) is 18.3. The fourth-order valence-electron chi connectivity index (χ4n) is 3.18. The first-order chi connectivity index (χ1) is 14.7. The summed E-state index contributed by atoms with van der Waals surface area (Å²) in [4.78, 5) is 37.1. The van der Waals surface area contributed by atoms with E-state index < -0.39 is 30.0 Å². The summed E-state index contributed by atoms with van der Waals surface area (Å²) in [6.07, 6.45) is -0.0309. The lowest BCUT2D eigenvalue weighted by atomic mass is 10.0. The number of primary amides is 1. The molecule has 0 saturated carbocycles. The molecule has 0 aromatic heterocycles. The number of carbonyl (C=O) groups excluding carboxylic acids is 3. The molecule has 2 aromatic rings. The maximum absolute atomic E-state index is 12.9. The molecule has 0 radical (unpaired) electrons. The molecule has 0 heterocycles. The first-order valence-electron chi connectivity index (χ1n) is 10.4. The molecule has 0 aliphatic rings. The normalized spacial score (nSPS) is 12.6. The number of ether oxygens (including phenoxy) is 1. The van der Waals surface area contributed by atoms with E-state index in [1.165, 1.54) is 0 Å². The van der Waals surface area contributed by atoms with E-state index >= 15 is 0 Å². The highest BCUT2D eigenvalue weighted by molar-refractivity contribution is 5.90. The molecule has 2 atom stereocenters. The smallest absolute Gasteiger partial charge is 0.408 e. The zero-order valence-corrected chi connectivity index (χ0v) is 18.3. The fraction of sp³-hybridized carbons (Fsp3) is 0.375. The second kappa shape index (κ2) is 11.7. The summed E-state index contributed by atoms with van der Waals surface area (Å²) < 4.78 is 5.23. The highest BCUT2D eigenvalue weighted by atomic mass is 16.5. The lowest BCUT2D eigenvalue weighted by Crippen LogP contribution is -2.54. The van der Waals surface area contributed by atoms with Crippen molar-refractivity contribution in [3.8, 4) is 0 Å². The topological polar surface area (TPSA) is 111 Å². The number of carbonyl (C=O) groups is 3. The lowest BCUT2D eigenvalue weighted by Gasteiger charge is -2.23. The quantitative estimate of drug-likeness (QED) is 0.543. The molecule has 7 heteroatoms. The number of benzene rings is 2. The average molecular weight is 426 g/mol. The highest BCUT2D eigenvalue weighted by Crippen LogP contribution is 2.10. The first-order valence-corrected chi connectivity index (χ1v) is 10.4. The predicted molar refractivity (Wildman–Crippen MR) is 119 cm³/mol. The van der Waals surface area contributed by atoms with Crippen molar-refractivity contribution in [1.29, 1.82) is 0 Å². The molecule has 31 heavy (non-hydrogen) atoms. The van der Waals surface area contributed by atoms with Gasteiger partial charge < -0.3 is 21.1 Å². The van der Waals surface area contributed by atoms with Gasteiger partial charge in [0.1, 0.15) is 18.7 Å². The second-order valence-corrected chi connectivity index (χ2v) is 8.04. The van der Waals surface area contributed by atoms with Crippen molar-refractivity contribution in [3.05, 3.63) is 71.3 Å². The summed E-state index contributed by atoms with van der Waals surface area (Å²) in [6.45, 7) is 5.93.